The van der Waals surface area contributed by atoms with Crippen LogP contribution in [0.4, 0.5) is 0 Å². The number of hydrogen-bond acceptors (Lipinski definition) is 2. The van der Waals surface area contributed by atoms with Crippen LogP contribution in [0, 0.1) is 16.7 Å². The Morgan fingerprint density at radius 1 is 1.29 bits per heavy atom. The zero-order valence-electron chi connectivity index (χ0n) is 10.6. The van der Waals surface area contributed by atoms with Crippen LogP contribution in [-0.2, 0) is 9.53 Å². The summed E-state index contributed by atoms with van der Waals surface area (Å²) in [6, 6.07) is 0. The van der Waals surface area contributed by atoms with E-state index in [1.54, 1.807) is 0 Å². The van der Waals surface area contributed by atoms with Gasteiger partial charge in [0.25, 0.3) is 0 Å². The molecule has 0 N–H and O–H groups in total. The van der Waals surface area contributed by atoms with Gasteiger partial charge < -0.3 is 4.74 Å². The van der Waals surface area contributed by atoms with Crippen LogP contribution in [0.3, 0.4) is 0 Å². The fourth-order valence-corrected chi connectivity index (χ4v) is 2.67. The van der Waals surface area contributed by atoms with E-state index in [0.717, 1.165) is 6.42 Å². The minimum Gasteiger partial charge on any atom is -0.469 e. The first-order valence-electron chi connectivity index (χ1n) is 5.32. The highest BCUT2D eigenvalue weighted by molar-refractivity contribution is 5.78. The van der Waals surface area contributed by atoms with Gasteiger partial charge in [0.15, 0.2) is 0 Å². The molecule has 2 heteroatoms. The van der Waals surface area contributed by atoms with Crippen molar-refractivity contribution < 1.29 is 9.53 Å². The highest BCUT2D eigenvalue weighted by Gasteiger charge is 2.50. The van der Waals surface area contributed by atoms with E-state index in [2.05, 4.69) is 41.5 Å². The summed E-state index contributed by atoms with van der Waals surface area (Å²) in [4.78, 5) is 11.9. The highest BCUT2D eigenvalue weighted by atomic mass is 16.5. The average molecular weight is 200 g/mol. The molecule has 0 heterocycles. The van der Waals surface area contributed by atoms with E-state index in [1.165, 1.54) is 7.11 Å². The molecule has 0 aromatic rings. The highest BCUT2D eigenvalue weighted by Crippen LogP contribution is 2.48. The number of hydrogen-bond donors (Lipinski definition) is 0. The van der Waals surface area contributed by atoms with Crippen LogP contribution in [0.15, 0.2) is 0 Å². The van der Waals surface area contributed by atoms with Crippen LogP contribution >= 0.6 is 0 Å². The van der Waals surface area contributed by atoms with Crippen molar-refractivity contribution in [2.45, 2.75) is 48.0 Å². The lowest BCUT2D eigenvalue weighted by atomic mass is 9.59. The molecule has 0 aromatic heterocycles. The summed E-state index contributed by atoms with van der Waals surface area (Å²) < 4.78 is 4.96. The molecule has 0 aliphatic heterocycles. The molecule has 1 atom stereocenters. The molecule has 2 nitrogen and oxygen atoms in total. The van der Waals surface area contributed by atoms with E-state index in [4.69, 9.17) is 4.74 Å². The topological polar surface area (TPSA) is 26.3 Å². The zero-order valence-corrected chi connectivity index (χ0v) is 10.6. The van der Waals surface area contributed by atoms with Crippen molar-refractivity contribution >= 4 is 5.97 Å². The summed E-state index contributed by atoms with van der Waals surface area (Å²) in [5, 5.41) is 0. The van der Waals surface area contributed by atoms with Gasteiger partial charge in [0, 0.05) is 0 Å². The molecule has 0 aliphatic rings. The molecule has 84 valence electrons. The fraction of sp³-hybridized carbons (Fsp3) is 0.917. The molecular weight excluding hydrogens is 176 g/mol. The summed E-state index contributed by atoms with van der Waals surface area (Å²) in [6.07, 6.45) is 0.820. The molecule has 0 saturated carbocycles. The number of rotatable bonds is 3. The quantitative estimate of drug-likeness (QED) is 0.654. The monoisotopic (exact) mass is 200 g/mol. The van der Waals surface area contributed by atoms with Crippen LogP contribution in [0.25, 0.3) is 0 Å². The summed E-state index contributed by atoms with van der Waals surface area (Å²) >= 11 is 0. The molecule has 0 radical (unpaired) electrons. The minimum atomic E-state index is -0.373. The normalized spacial score (nSPS) is 16.6. The second-order valence-electron chi connectivity index (χ2n) is 5.22. The third kappa shape index (κ3) is 1.94. The first-order chi connectivity index (χ1) is 6.24. The molecule has 1 unspecified atom stereocenters. The zero-order chi connectivity index (χ0) is 11.6. The van der Waals surface area contributed by atoms with E-state index in [0.29, 0.717) is 5.92 Å². The number of esters is 1. The van der Waals surface area contributed by atoms with Crippen molar-refractivity contribution in [2.24, 2.45) is 16.7 Å². The maximum Gasteiger partial charge on any atom is 0.312 e. The Balaban J connectivity index is 5.32. The Morgan fingerprint density at radius 2 is 1.71 bits per heavy atom. The summed E-state index contributed by atoms with van der Waals surface area (Å²) in [5.74, 6) is 0.211. The molecule has 0 amide bonds. The Hall–Kier alpha value is -0.530. The van der Waals surface area contributed by atoms with Crippen LogP contribution in [0.2, 0.25) is 0 Å². The first-order valence-corrected chi connectivity index (χ1v) is 5.32. The molecule has 0 spiro atoms. The van der Waals surface area contributed by atoms with Gasteiger partial charge in [0.2, 0.25) is 0 Å². The summed E-state index contributed by atoms with van der Waals surface area (Å²) in [7, 11) is 1.47. The van der Waals surface area contributed by atoms with Gasteiger partial charge in [-0.15, -0.1) is 0 Å². The lowest BCUT2D eigenvalue weighted by Gasteiger charge is -2.44. The van der Waals surface area contributed by atoms with Gasteiger partial charge in [-0.1, -0.05) is 41.5 Å². The summed E-state index contributed by atoms with van der Waals surface area (Å²) in [5.41, 5.74) is -0.440. The molecule has 0 saturated heterocycles. The fourth-order valence-electron chi connectivity index (χ4n) is 2.67. The van der Waals surface area contributed by atoms with Crippen LogP contribution in [-0.4, -0.2) is 13.1 Å². The standard InChI is InChI=1S/C12H24O2/c1-8-12(9(2)3,10(13)14-7)11(4,5)6/h9H,8H2,1-7H3. The van der Waals surface area contributed by atoms with Gasteiger partial charge in [-0.05, 0) is 17.8 Å². The number of carbonyl (C=O) groups is 1. The Labute approximate surface area is 88.0 Å². The second-order valence-corrected chi connectivity index (χ2v) is 5.22. The Bertz CT molecular complexity index is 201. The third-order valence-corrected chi connectivity index (χ3v) is 3.43. The lowest BCUT2D eigenvalue weighted by molar-refractivity contribution is -0.165. The van der Waals surface area contributed by atoms with Gasteiger partial charge in [-0.3, -0.25) is 4.79 Å². The van der Waals surface area contributed by atoms with Gasteiger partial charge >= 0.3 is 5.97 Å². The molecular formula is C12H24O2. The van der Waals surface area contributed by atoms with E-state index in [9.17, 15) is 4.79 Å². The molecule has 0 rings (SSSR count). The molecule has 0 bridgehead atoms. The summed E-state index contributed by atoms with van der Waals surface area (Å²) in [6.45, 7) is 12.5. The SMILES string of the molecule is CCC(C(=O)OC)(C(C)C)C(C)(C)C. The maximum atomic E-state index is 11.9. The van der Waals surface area contributed by atoms with Gasteiger partial charge in [0.05, 0.1) is 12.5 Å². The lowest BCUT2D eigenvalue weighted by Crippen LogP contribution is -2.47. The van der Waals surface area contributed by atoms with E-state index in [-0.39, 0.29) is 16.8 Å². The molecule has 14 heavy (non-hydrogen) atoms. The smallest absolute Gasteiger partial charge is 0.312 e. The molecule has 0 aliphatic carbocycles. The van der Waals surface area contributed by atoms with E-state index < -0.39 is 0 Å². The van der Waals surface area contributed by atoms with Crippen LogP contribution < -0.4 is 0 Å². The minimum absolute atomic E-state index is 0.0665. The first kappa shape index (κ1) is 13.5. The number of carbonyl (C=O) groups excluding carboxylic acids is 1. The van der Waals surface area contributed by atoms with Crippen molar-refractivity contribution in [3.63, 3.8) is 0 Å². The average Bonchev–Trinajstić information content (AvgIpc) is 2.02. The maximum absolute atomic E-state index is 11.9. The number of methoxy groups -OCH3 is 1. The molecule has 0 aromatic carbocycles. The second kappa shape index (κ2) is 4.33. The number of ether oxygens (including phenoxy) is 1. The van der Waals surface area contributed by atoms with E-state index >= 15 is 0 Å². The van der Waals surface area contributed by atoms with Gasteiger partial charge in [0.1, 0.15) is 0 Å². The Morgan fingerprint density at radius 3 is 1.79 bits per heavy atom. The van der Waals surface area contributed by atoms with Crippen molar-refractivity contribution in [3.8, 4) is 0 Å². The van der Waals surface area contributed by atoms with E-state index in [1.807, 2.05) is 0 Å². The Kier molecular flexibility index (Phi) is 4.16. The largest absolute Gasteiger partial charge is 0.469 e. The van der Waals surface area contributed by atoms with Crippen molar-refractivity contribution in [1.82, 2.24) is 0 Å². The van der Waals surface area contributed by atoms with Crippen molar-refractivity contribution in [2.75, 3.05) is 7.11 Å². The van der Waals surface area contributed by atoms with Gasteiger partial charge in [-0.25, -0.2) is 0 Å². The predicted octanol–water partition coefficient (Wildman–Crippen LogP) is 3.26. The van der Waals surface area contributed by atoms with Crippen molar-refractivity contribution in [1.29, 1.82) is 0 Å². The van der Waals surface area contributed by atoms with Crippen LogP contribution in [0.1, 0.15) is 48.0 Å². The third-order valence-electron chi connectivity index (χ3n) is 3.43. The van der Waals surface area contributed by atoms with Crippen LogP contribution in [0.5, 0.6) is 0 Å². The predicted molar refractivity (Wildman–Crippen MR) is 59.0 cm³/mol. The van der Waals surface area contributed by atoms with Gasteiger partial charge in [-0.2, -0.15) is 0 Å². The molecule has 0 fully saturated rings. The van der Waals surface area contributed by atoms with Crippen molar-refractivity contribution in [3.05, 3.63) is 0 Å².